The summed E-state index contributed by atoms with van der Waals surface area (Å²) >= 11 is 0. The minimum atomic E-state index is 0. The lowest BCUT2D eigenvalue weighted by atomic mass is 9.88. The lowest BCUT2D eigenvalue weighted by molar-refractivity contribution is 0.260. The topological polar surface area (TPSA) is 72.2 Å². The third-order valence-corrected chi connectivity index (χ3v) is 1.28. The van der Waals surface area contributed by atoms with E-state index in [1.54, 1.807) is 7.48 Å². The van der Waals surface area contributed by atoms with Gasteiger partial charge in [0.15, 0.2) is 0 Å². The molecule has 1 aromatic rings. The zero-order valence-electron chi connectivity index (χ0n) is 7.95. The van der Waals surface area contributed by atoms with Gasteiger partial charge in [0.25, 0.3) is 0 Å². The maximum absolute atomic E-state index is 5.30. The van der Waals surface area contributed by atoms with E-state index in [2.05, 4.69) is 0 Å². The second-order valence-corrected chi connectivity index (χ2v) is 2.71. The summed E-state index contributed by atoms with van der Waals surface area (Å²) < 4.78 is 5.30. The first-order valence-electron chi connectivity index (χ1n) is 3.83. The summed E-state index contributed by atoms with van der Waals surface area (Å²) in [5.74, 6) is 0. The van der Waals surface area contributed by atoms with Crippen molar-refractivity contribution in [1.29, 1.82) is 0 Å². The maximum Gasteiger partial charge on any atom is 0.330 e. The Kier molecular flexibility index (Phi) is 8.80. The van der Waals surface area contributed by atoms with Gasteiger partial charge in [-0.15, -0.1) is 0 Å². The highest BCUT2D eigenvalue weighted by atomic mass is 16.4. The molecule has 1 aromatic carbocycles. The Morgan fingerprint density at radius 3 is 2.08 bits per heavy atom. The second kappa shape index (κ2) is 7.80. The van der Waals surface area contributed by atoms with E-state index in [-0.39, 0.29) is 17.1 Å². The number of benzene rings is 1. The molecule has 0 unspecified atom stereocenters. The Hall–Kier alpha value is -0.835. The molecule has 13 heavy (non-hydrogen) atoms. The summed E-state index contributed by atoms with van der Waals surface area (Å²) in [5.41, 5.74) is 1.11. The molecule has 3 nitrogen and oxygen atoms in total. The molecule has 0 atom stereocenters. The molecule has 0 spiro atoms. The normalized spacial score (nSPS) is 8.54. The average Bonchev–Trinajstić information content (AvgIpc) is 2.03. The predicted octanol–water partition coefficient (Wildman–Crippen LogP) is -0.293. The minimum Gasteiger partial charge on any atom is -0.432 e. The van der Waals surface area contributed by atoms with Crippen molar-refractivity contribution >= 4 is 12.9 Å². The van der Waals surface area contributed by atoms with E-state index >= 15 is 0 Å². The molecule has 0 fully saturated rings. The first-order chi connectivity index (χ1) is 5.29. The van der Waals surface area contributed by atoms with Gasteiger partial charge in [-0.05, 0) is 13.8 Å². The Labute approximate surface area is 79.6 Å². The molecule has 0 aliphatic heterocycles. The molecule has 0 aliphatic rings. The fourth-order valence-electron chi connectivity index (χ4n) is 0.746. The number of rotatable bonds is 3. The molecule has 0 saturated carbocycles. The van der Waals surface area contributed by atoms with Gasteiger partial charge in [-0.3, -0.25) is 0 Å². The van der Waals surface area contributed by atoms with Crippen LogP contribution in [0, 0.1) is 0 Å². The Morgan fingerprint density at radius 1 is 1.08 bits per heavy atom. The van der Waals surface area contributed by atoms with Crippen molar-refractivity contribution in [2.75, 3.05) is 0 Å². The first kappa shape index (κ1) is 14.7. The van der Waals surface area contributed by atoms with Crippen LogP contribution in [0.5, 0.6) is 0 Å². The fourth-order valence-corrected chi connectivity index (χ4v) is 0.746. The van der Waals surface area contributed by atoms with E-state index in [0.717, 1.165) is 5.46 Å². The van der Waals surface area contributed by atoms with Gasteiger partial charge in [0.2, 0.25) is 0 Å². The lowest BCUT2D eigenvalue weighted by Crippen LogP contribution is -2.20. The Balaban J connectivity index is 0. The molecule has 0 heterocycles. The van der Waals surface area contributed by atoms with E-state index in [9.17, 15) is 0 Å². The average molecular weight is 183 g/mol. The number of hydrogen-bond acceptors (Lipinski definition) is 1. The maximum atomic E-state index is 5.30. The molecule has 0 bridgehead atoms. The van der Waals surface area contributed by atoms with Gasteiger partial charge in [0.1, 0.15) is 0 Å². The van der Waals surface area contributed by atoms with Crippen LogP contribution < -0.4 is 5.46 Å². The molecule has 0 amide bonds. The number of hydrogen-bond donors (Lipinski definition) is 0. The van der Waals surface area contributed by atoms with Crippen LogP contribution in [0.1, 0.15) is 13.8 Å². The van der Waals surface area contributed by atoms with Crippen LogP contribution in [-0.2, 0) is 4.65 Å². The van der Waals surface area contributed by atoms with Crippen molar-refractivity contribution in [3.63, 3.8) is 0 Å². The van der Waals surface area contributed by atoms with Crippen LogP contribution in [0.4, 0.5) is 0 Å². The highest BCUT2D eigenvalue weighted by Gasteiger charge is 1.97. The quantitative estimate of drug-likeness (QED) is 0.593. The smallest absolute Gasteiger partial charge is 0.330 e. The van der Waals surface area contributed by atoms with E-state index in [1.165, 1.54) is 0 Å². The van der Waals surface area contributed by atoms with Gasteiger partial charge in [-0.1, -0.05) is 35.8 Å². The molecule has 4 N–H and O–H groups in total. The first-order valence-corrected chi connectivity index (χ1v) is 3.83. The summed E-state index contributed by atoms with van der Waals surface area (Å²) in [4.78, 5) is 0. The highest BCUT2D eigenvalue weighted by molar-refractivity contribution is 6.46. The molecule has 4 heteroatoms. The molecular weight excluding hydrogens is 167 g/mol. The van der Waals surface area contributed by atoms with Crippen molar-refractivity contribution in [3.8, 4) is 0 Å². The summed E-state index contributed by atoms with van der Waals surface area (Å²) in [6.45, 7) is 4.03. The van der Waals surface area contributed by atoms with Gasteiger partial charge in [-0.25, -0.2) is 0 Å². The van der Waals surface area contributed by atoms with Gasteiger partial charge < -0.3 is 15.6 Å². The van der Waals surface area contributed by atoms with Crippen LogP contribution in [0.25, 0.3) is 0 Å². The standard InChI is InChI=1S/C9H12BO.2H2O/c1-8(2)11-10-9-6-4-3-5-7-9;;/h3-8H,1-2H3;2*1H2. The molecular formula is C9H16BO3. The SMILES string of the molecule is CC(C)O[B]c1ccccc1.O.O. The van der Waals surface area contributed by atoms with Gasteiger partial charge in [0, 0.05) is 6.10 Å². The summed E-state index contributed by atoms with van der Waals surface area (Å²) in [6, 6.07) is 10.0. The molecule has 1 rings (SSSR count). The van der Waals surface area contributed by atoms with E-state index in [4.69, 9.17) is 4.65 Å². The summed E-state index contributed by atoms with van der Waals surface area (Å²) in [5, 5.41) is 0. The van der Waals surface area contributed by atoms with Gasteiger partial charge in [0.05, 0.1) is 0 Å². The Bertz CT molecular complexity index is 201. The minimum absolute atomic E-state index is 0. The highest BCUT2D eigenvalue weighted by Crippen LogP contribution is 1.86. The second-order valence-electron chi connectivity index (χ2n) is 2.71. The third kappa shape index (κ3) is 6.34. The molecule has 73 valence electrons. The van der Waals surface area contributed by atoms with Gasteiger partial charge >= 0.3 is 7.48 Å². The van der Waals surface area contributed by atoms with Crippen LogP contribution in [0.2, 0.25) is 0 Å². The van der Waals surface area contributed by atoms with E-state index in [1.807, 2.05) is 44.2 Å². The van der Waals surface area contributed by atoms with Gasteiger partial charge in [-0.2, -0.15) is 0 Å². The zero-order valence-corrected chi connectivity index (χ0v) is 7.95. The van der Waals surface area contributed by atoms with Crippen molar-refractivity contribution in [1.82, 2.24) is 0 Å². The molecule has 0 aliphatic carbocycles. The van der Waals surface area contributed by atoms with Crippen LogP contribution >= 0.6 is 0 Å². The summed E-state index contributed by atoms with van der Waals surface area (Å²) in [6.07, 6.45) is 0.259. The molecule has 0 saturated heterocycles. The zero-order chi connectivity index (χ0) is 8.10. The van der Waals surface area contributed by atoms with E-state index < -0.39 is 0 Å². The van der Waals surface area contributed by atoms with Crippen LogP contribution in [0.3, 0.4) is 0 Å². The van der Waals surface area contributed by atoms with Crippen molar-refractivity contribution < 1.29 is 15.6 Å². The van der Waals surface area contributed by atoms with Crippen LogP contribution in [0.15, 0.2) is 30.3 Å². The summed E-state index contributed by atoms with van der Waals surface area (Å²) in [7, 11) is 1.78. The third-order valence-electron chi connectivity index (χ3n) is 1.28. The van der Waals surface area contributed by atoms with Crippen molar-refractivity contribution in [2.24, 2.45) is 0 Å². The van der Waals surface area contributed by atoms with Crippen molar-refractivity contribution in [2.45, 2.75) is 20.0 Å². The van der Waals surface area contributed by atoms with Crippen molar-refractivity contribution in [3.05, 3.63) is 30.3 Å². The monoisotopic (exact) mass is 183 g/mol. The van der Waals surface area contributed by atoms with E-state index in [0.29, 0.717) is 0 Å². The Morgan fingerprint density at radius 2 is 1.62 bits per heavy atom. The lowest BCUT2D eigenvalue weighted by Gasteiger charge is -2.04. The fraction of sp³-hybridized carbons (Fsp3) is 0.333. The molecule has 1 radical (unpaired) electrons. The molecule has 0 aromatic heterocycles. The predicted molar refractivity (Wildman–Crippen MR) is 55.3 cm³/mol. The largest absolute Gasteiger partial charge is 0.432 e. The van der Waals surface area contributed by atoms with Crippen LogP contribution in [-0.4, -0.2) is 24.5 Å².